The summed E-state index contributed by atoms with van der Waals surface area (Å²) in [6.45, 7) is 2.00. The number of amides is 1. The van der Waals surface area contributed by atoms with E-state index in [1.807, 2.05) is 31.2 Å². The van der Waals surface area contributed by atoms with Crippen LogP contribution in [0.3, 0.4) is 0 Å². The molecule has 0 aliphatic carbocycles. The van der Waals surface area contributed by atoms with Crippen molar-refractivity contribution in [1.82, 2.24) is 5.32 Å². The zero-order chi connectivity index (χ0) is 8.10. The summed E-state index contributed by atoms with van der Waals surface area (Å²) in [6.07, 6.45) is 9.67. The molecule has 1 aliphatic heterocycles. The van der Waals surface area contributed by atoms with Crippen LogP contribution in [0, 0.1) is 0 Å². The topological polar surface area (TPSA) is 29.1 Å². The first-order valence-corrected chi connectivity index (χ1v) is 3.58. The molecule has 0 atom stereocenters. The molecule has 2 nitrogen and oxygen atoms in total. The molecule has 0 saturated heterocycles. The molecule has 0 spiro atoms. The third kappa shape index (κ3) is 2.85. The maximum absolute atomic E-state index is 10.9. The Balaban J connectivity index is 2.72. The number of allylic oxidation sites excluding steroid dienone is 4. The highest BCUT2D eigenvalue weighted by atomic mass is 16.1. The van der Waals surface area contributed by atoms with Crippen LogP contribution in [0.25, 0.3) is 0 Å². The predicted molar refractivity (Wildman–Crippen MR) is 44.8 cm³/mol. The van der Waals surface area contributed by atoms with Crippen molar-refractivity contribution in [3.8, 4) is 0 Å². The molecule has 0 bridgehead atoms. The van der Waals surface area contributed by atoms with Crippen LogP contribution in [0.5, 0.6) is 0 Å². The molecule has 1 heterocycles. The lowest BCUT2D eigenvalue weighted by Gasteiger charge is -1.91. The van der Waals surface area contributed by atoms with Crippen LogP contribution in [0.4, 0.5) is 0 Å². The molecule has 1 amide bonds. The van der Waals surface area contributed by atoms with Gasteiger partial charge in [0.2, 0.25) is 5.91 Å². The molecular formula is C9H11NO. The molecule has 11 heavy (non-hydrogen) atoms. The van der Waals surface area contributed by atoms with Crippen LogP contribution in [-0.4, -0.2) is 5.91 Å². The second kappa shape index (κ2) is 3.76. The van der Waals surface area contributed by atoms with Gasteiger partial charge in [-0.15, -0.1) is 0 Å². The minimum absolute atomic E-state index is 0.0283. The van der Waals surface area contributed by atoms with Crippen LogP contribution in [0.2, 0.25) is 0 Å². The molecule has 0 unspecified atom stereocenters. The number of hydrogen-bond donors (Lipinski definition) is 1. The van der Waals surface area contributed by atoms with E-state index in [2.05, 4.69) is 5.32 Å². The molecule has 0 aromatic heterocycles. The average molecular weight is 149 g/mol. The van der Waals surface area contributed by atoms with E-state index in [9.17, 15) is 4.79 Å². The number of nitrogens with one attached hydrogen (secondary N) is 1. The summed E-state index contributed by atoms with van der Waals surface area (Å²) in [7, 11) is 0. The quantitative estimate of drug-likeness (QED) is 0.556. The number of rotatable bonds is 0. The number of hydrogen-bond acceptors (Lipinski definition) is 1. The lowest BCUT2D eigenvalue weighted by Crippen LogP contribution is -2.14. The fourth-order valence-electron chi connectivity index (χ4n) is 0.807. The zero-order valence-corrected chi connectivity index (χ0v) is 6.50. The van der Waals surface area contributed by atoms with Gasteiger partial charge in [-0.25, -0.2) is 0 Å². The van der Waals surface area contributed by atoms with Gasteiger partial charge in [0.1, 0.15) is 0 Å². The van der Waals surface area contributed by atoms with Crippen molar-refractivity contribution in [2.45, 2.75) is 13.3 Å². The average Bonchev–Trinajstić information content (AvgIpc) is 2.04. The largest absolute Gasteiger partial charge is 0.332 e. The normalized spacial score (nSPS) is 28.5. The van der Waals surface area contributed by atoms with Gasteiger partial charge in [-0.05, 0) is 13.0 Å². The molecule has 0 aromatic rings. The van der Waals surface area contributed by atoms with E-state index in [1.165, 1.54) is 0 Å². The fourth-order valence-corrected chi connectivity index (χ4v) is 0.807. The third-order valence-electron chi connectivity index (χ3n) is 1.38. The monoisotopic (exact) mass is 149 g/mol. The highest BCUT2D eigenvalue weighted by Gasteiger charge is 1.93. The summed E-state index contributed by atoms with van der Waals surface area (Å²) in [5.74, 6) is 0.0283. The Kier molecular flexibility index (Phi) is 2.66. The Bertz CT molecular complexity index is 236. The highest BCUT2D eigenvalue weighted by molar-refractivity contribution is 5.78. The second-order valence-electron chi connectivity index (χ2n) is 2.44. The Morgan fingerprint density at radius 3 is 3.18 bits per heavy atom. The Labute approximate surface area is 66.3 Å². The molecule has 0 fully saturated rings. The maximum Gasteiger partial charge on any atom is 0.227 e. The van der Waals surface area contributed by atoms with Crippen molar-refractivity contribution < 1.29 is 4.79 Å². The van der Waals surface area contributed by atoms with Crippen molar-refractivity contribution in [3.05, 3.63) is 36.1 Å². The molecule has 1 N–H and O–H groups in total. The fraction of sp³-hybridized carbons (Fsp3) is 0.222. The standard InChI is InChI=1S/C9H11NO/c1-8-4-2-6-9(11)10-7-3-5-8/h2-5,7H,6H2,1H3,(H,10,11)/b4-2+,7-3+,8-5-. The van der Waals surface area contributed by atoms with E-state index in [-0.39, 0.29) is 5.91 Å². The minimum Gasteiger partial charge on any atom is -0.332 e. The van der Waals surface area contributed by atoms with Gasteiger partial charge in [0.15, 0.2) is 0 Å². The minimum atomic E-state index is 0.0283. The SMILES string of the molecule is CC1=C/C=C/NC(=O)C\C=C\1. The summed E-state index contributed by atoms with van der Waals surface area (Å²) in [4.78, 5) is 10.9. The first-order chi connectivity index (χ1) is 5.29. The van der Waals surface area contributed by atoms with E-state index >= 15 is 0 Å². The molecule has 2 heteroatoms. The van der Waals surface area contributed by atoms with E-state index in [4.69, 9.17) is 0 Å². The molecule has 0 aromatic carbocycles. The first kappa shape index (κ1) is 7.79. The van der Waals surface area contributed by atoms with E-state index < -0.39 is 0 Å². The van der Waals surface area contributed by atoms with Crippen molar-refractivity contribution in [3.63, 3.8) is 0 Å². The van der Waals surface area contributed by atoms with Crippen LogP contribution in [0.15, 0.2) is 36.1 Å². The predicted octanol–water partition coefficient (Wildman–Crippen LogP) is 1.52. The zero-order valence-electron chi connectivity index (χ0n) is 6.50. The smallest absolute Gasteiger partial charge is 0.227 e. The number of carbonyl (C=O) groups is 1. The van der Waals surface area contributed by atoms with Gasteiger partial charge in [-0.2, -0.15) is 0 Å². The summed E-state index contributed by atoms with van der Waals surface area (Å²) >= 11 is 0. The van der Waals surface area contributed by atoms with Crippen molar-refractivity contribution in [1.29, 1.82) is 0 Å². The molecule has 1 rings (SSSR count). The van der Waals surface area contributed by atoms with Gasteiger partial charge >= 0.3 is 0 Å². The summed E-state index contributed by atoms with van der Waals surface area (Å²) < 4.78 is 0. The molecule has 0 saturated carbocycles. The van der Waals surface area contributed by atoms with Crippen LogP contribution in [-0.2, 0) is 4.79 Å². The van der Waals surface area contributed by atoms with Gasteiger partial charge in [0.25, 0.3) is 0 Å². The summed E-state index contributed by atoms with van der Waals surface area (Å²) in [6, 6.07) is 0. The highest BCUT2D eigenvalue weighted by Crippen LogP contribution is 1.98. The Hall–Kier alpha value is -1.31. The lowest BCUT2D eigenvalue weighted by atomic mass is 10.2. The van der Waals surface area contributed by atoms with E-state index in [1.54, 1.807) is 6.20 Å². The van der Waals surface area contributed by atoms with Crippen molar-refractivity contribution in [2.24, 2.45) is 0 Å². The molecular weight excluding hydrogens is 138 g/mol. The summed E-state index contributed by atoms with van der Waals surface area (Å²) in [5, 5.41) is 2.63. The van der Waals surface area contributed by atoms with Crippen LogP contribution >= 0.6 is 0 Å². The van der Waals surface area contributed by atoms with Gasteiger partial charge < -0.3 is 5.32 Å². The molecule has 58 valence electrons. The van der Waals surface area contributed by atoms with Crippen LogP contribution in [0.1, 0.15) is 13.3 Å². The van der Waals surface area contributed by atoms with Gasteiger partial charge in [0.05, 0.1) is 0 Å². The maximum atomic E-state index is 10.9. The lowest BCUT2D eigenvalue weighted by molar-refractivity contribution is -0.119. The molecule has 1 aliphatic rings. The van der Waals surface area contributed by atoms with Gasteiger partial charge in [-0.3, -0.25) is 4.79 Å². The van der Waals surface area contributed by atoms with E-state index in [0.29, 0.717) is 6.42 Å². The Morgan fingerprint density at radius 1 is 1.55 bits per heavy atom. The van der Waals surface area contributed by atoms with Crippen LogP contribution < -0.4 is 5.32 Å². The van der Waals surface area contributed by atoms with Crippen molar-refractivity contribution in [2.75, 3.05) is 0 Å². The molecule has 0 radical (unpaired) electrons. The van der Waals surface area contributed by atoms with E-state index in [0.717, 1.165) is 5.57 Å². The third-order valence-corrected chi connectivity index (χ3v) is 1.38. The second-order valence-corrected chi connectivity index (χ2v) is 2.44. The van der Waals surface area contributed by atoms with Gasteiger partial charge in [0, 0.05) is 12.6 Å². The Morgan fingerprint density at radius 2 is 2.36 bits per heavy atom. The van der Waals surface area contributed by atoms with Crippen molar-refractivity contribution >= 4 is 5.91 Å². The number of carbonyl (C=O) groups excluding carboxylic acids is 1. The first-order valence-electron chi connectivity index (χ1n) is 3.58. The van der Waals surface area contributed by atoms with Gasteiger partial charge in [-0.1, -0.05) is 23.8 Å². The summed E-state index contributed by atoms with van der Waals surface area (Å²) in [5.41, 5.74) is 1.15.